The van der Waals surface area contributed by atoms with Gasteiger partial charge in [-0.1, -0.05) is 12.1 Å². The van der Waals surface area contributed by atoms with Crippen LogP contribution in [0.25, 0.3) is 10.9 Å². The monoisotopic (exact) mass is 478 g/mol. The number of rotatable bonds is 3. The number of sulfone groups is 1. The van der Waals surface area contributed by atoms with Crippen molar-refractivity contribution in [1.29, 1.82) is 0 Å². The fourth-order valence-electron chi connectivity index (χ4n) is 3.99. The third-order valence-electron chi connectivity index (χ3n) is 5.56. The average molecular weight is 479 g/mol. The van der Waals surface area contributed by atoms with Crippen molar-refractivity contribution in [2.75, 3.05) is 42.6 Å². The highest BCUT2D eigenvalue weighted by Gasteiger charge is 2.41. The number of hydrogen-bond acceptors (Lipinski definition) is 7. The van der Waals surface area contributed by atoms with Crippen molar-refractivity contribution in [3.63, 3.8) is 0 Å². The smallest absolute Gasteiger partial charge is 0.355 e. The molecule has 2 fully saturated rings. The predicted octanol–water partition coefficient (Wildman–Crippen LogP) is 1.68. The van der Waals surface area contributed by atoms with Gasteiger partial charge in [0, 0.05) is 31.6 Å². The van der Waals surface area contributed by atoms with E-state index in [9.17, 15) is 30.0 Å². The topological polar surface area (TPSA) is 101 Å². The summed E-state index contributed by atoms with van der Waals surface area (Å²) >= 11 is 0. The third-order valence-corrected chi connectivity index (χ3v) is 9.87. The molecule has 4 rings (SSSR count). The summed E-state index contributed by atoms with van der Waals surface area (Å²) < 4.78 is 90.5. The second kappa shape index (κ2) is 7.85. The van der Waals surface area contributed by atoms with Crippen molar-refractivity contribution >= 4 is 36.6 Å². The Morgan fingerprint density at radius 3 is 2.45 bits per heavy atom. The first kappa shape index (κ1) is 22.2. The normalized spacial score (nSPS) is 23.2. The van der Waals surface area contributed by atoms with Crippen molar-refractivity contribution < 1.29 is 30.0 Å². The molecule has 170 valence electrons. The molecule has 13 heteroatoms. The summed E-state index contributed by atoms with van der Waals surface area (Å²) in [6.45, 7) is 0.660. The SMILES string of the molecule is O=S1(=O)CC[C@H](S(=O)(=O)N2CCCN(c3nc(C(F)(F)F)nc4ccccc34)CC2)C1. The number of anilines is 1. The molecule has 0 aliphatic carbocycles. The lowest BCUT2D eigenvalue weighted by Gasteiger charge is -2.25. The summed E-state index contributed by atoms with van der Waals surface area (Å²) in [7, 11) is -7.18. The number of alkyl halides is 3. The van der Waals surface area contributed by atoms with E-state index in [2.05, 4.69) is 9.97 Å². The van der Waals surface area contributed by atoms with Crippen LogP contribution in [0.3, 0.4) is 0 Å². The van der Waals surface area contributed by atoms with Gasteiger partial charge in [-0.15, -0.1) is 0 Å². The van der Waals surface area contributed by atoms with E-state index in [1.165, 1.54) is 10.4 Å². The molecule has 0 bridgehead atoms. The minimum Gasteiger partial charge on any atom is -0.355 e. The van der Waals surface area contributed by atoms with Crippen LogP contribution < -0.4 is 4.90 Å². The fraction of sp³-hybridized carbons (Fsp3) is 0.556. The highest BCUT2D eigenvalue weighted by Crippen LogP contribution is 2.32. The zero-order valence-electron chi connectivity index (χ0n) is 16.4. The van der Waals surface area contributed by atoms with Crippen LogP contribution in [0.2, 0.25) is 0 Å². The lowest BCUT2D eigenvalue weighted by molar-refractivity contribution is -0.144. The van der Waals surface area contributed by atoms with Crippen LogP contribution in [0.15, 0.2) is 24.3 Å². The van der Waals surface area contributed by atoms with Gasteiger partial charge in [0.1, 0.15) is 5.82 Å². The average Bonchev–Trinajstić information content (AvgIpc) is 2.91. The molecule has 0 spiro atoms. The summed E-state index contributed by atoms with van der Waals surface area (Å²) in [5, 5.41) is -0.519. The zero-order valence-corrected chi connectivity index (χ0v) is 18.0. The van der Waals surface area contributed by atoms with Gasteiger partial charge in [0.05, 0.1) is 22.3 Å². The number of benzene rings is 1. The maximum absolute atomic E-state index is 13.3. The largest absolute Gasteiger partial charge is 0.451 e. The number of hydrogen-bond donors (Lipinski definition) is 0. The highest BCUT2D eigenvalue weighted by atomic mass is 32.2. The van der Waals surface area contributed by atoms with Crippen molar-refractivity contribution in [3.8, 4) is 0 Å². The van der Waals surface area contributed by atoms with Crippen molar-refractivity contribution in [2.45, 2.75) is 24.3 Å². The summed E-state index contributed by atoms with van der Waals surface area (Å²) in [5.74, 6) is -1.67. The van der Waals surface area contributed by atoms with E-state index in [4.69, 9.17) is 0 Å². The number of sulfonamides is 1. The van der Waals surface area contributed by atoms with E-state index in [-0.39, 0.29) is 48.9 Å². The summed E-state index contributed by atoms with van der Waals surface area (Å²) in [6.07, 6.45) is -4.28. The van der Waals surface area contributed by atoms with E-state index in [1.807, 2.05) is 0 Å². The number of halogens is 3. The third kappa shape index (κ3) is 4.48. The van der Waals surface area contributed by atoms with Crippen LogP contribution >= 0.6 is 0 Å². The van der Waals surface area contributed by atoms with Gasteiger partial charge in [0.15, 0.2) is 9.84 Å². The van der Waals surface area contributed by atoms with Gasteiger partial charge in [0.2, 0.25) is 15.8 Å². The first-order valence-corrected chi connectivity index (χ1v) is 13.1. The molecular formula is C18H21F3N4O4S2. The van der Waals surface area contributed by atoms with E-state index in [1.54, 1.807) is 23.1 Å². The Labute approximate surface area is 178 Å². The number of nitrogens with zero attached hydrogens (tertiary/aromatic N) is 4. The van der Waals surface area contributed by atoms with E-state index in [0.29, 0.717) is 18.4 Å². The second-order valence-electron chi connectivity index (χ2n) is 7.70. The first-order valence-electron chi connectivity index (χ1n) is 9.76. The Morgan fingerprint density at radius 1 is 1.03 bits per heavy atom. The van der Waals surface area contributed by atoms with E-state index >= 15 is 0 Å². The van der Waals surface area contributed by atoms with Crippen LogP contribution in [-0.4, -0.2) is 74.0 Å². The molecule has 3 heterocycles. The lowest BCUT2D eigenvalue weighted by atomic mass is 10.2. The minimum absolute atomic E-state index is 0.0402. The molecule has 1 aromatic heterocycles. The molecule has 1 atom stereocenters. The van der Waals surface area contributed by atoms with Crippen molar-refractivity contribution in [1.82, 2.24) is 14.3 Å². The number of para-hydroxylation sites is 1. The van der Waals surface area contributed by atoms with Crippen LogP contribution in [0.5, 0.6) is 0 Å². The predicted molar refractivity (Wildman–Crippen MR) is 109 cm³/mol. The van der Waals surface area contributed by atoms with Crippen LogP contribution in [-0.2, 0) is 26.0 Å². The maximum Gasteiger partial charge on any atom is 0.451 e. The fourth-order valence-corrected chi connectivity index (χ4v) is 8.55. The highest BCUT2D eigenvalue weighted by molar-refractivity contribution is 7.95. The van der Waals surface area contributed by atoms with Crippen LogP contribution in [0.1, 0.15) is 18.7 Å². The molecule has 2 aliphatic rings. The first-order chi connectivity index (χ1) is 14.5. The Morgan fingerprint density at radius 2 is 1.77 bits per heavy atom. The van der Waals surface area contributed by atoms with Gasteiger partial charge < -0.3 is 4.90 Å². The quantitative estimate of drug-likeness (QED) is 0.662. The molecule has 0 N–H and O–H groups in total. The maximum atomic E-state index is 13.3. The minimum atomic E-state index is -4.71. The molecule has 0 amide bonds. The van der Waals surface area contributed by atoms with Crippen LogP contribution in [0, 0.1) is 0 Å². The second-order valence-corrected chi connectivity index (χ2v) is 12.1. The van der Waals surface area contributed by atoms with Gasteiger partial charge >= 0.3 is 6.18 Å². The standard InChI is InChI=1S/C18H21F3N4O4S2/c19-18(20,21)17-22-15-5-2-1-4-14(15)16(23-17)24-7-3-8-25(10-9-24)31(28,29)13-6-11-30(26,27)12-13/h1-2,4-5,13H,3,6-12H2/t13-/m0/s1. The Hall–Kier alpha value is -1.99. The van der Waals surface area contributed by atoms with Gasteiger partial charge in [-0.2, -0.15) is 17.5 Å². The molecule has 31 heavy (non-hydrogen) atoms. The molecule has 0 saturated carbocycles. The van der Waals surface area contributed by atoms with Crippen molar-refractivity contribution in [2.24, 2.45) is 0 Å². The number of fused-ring (bicyclic) bond motifs is 1. The Balaban J connectivity index is 1.62. The van der Waals surface area contributed by atoms with E-state index < -0.39 is 37.1 Å². The van der Waals surface area contributed by atoms with Gasteiger partial charge in [0.25, 0.3) is 0 Å². The van der Waals surface area contributed by atoms with Crippen LogP contribution in [0.4, 0.5) is 19.0 Å². The molecule has 0 radical (unpaired) electrons. The van der Waals surface area contributed by atoms with Crippen molar-refractivity contribution in [3.05, 3.63) is 30.1 Å². The van der Waals surface area contributed by atoms with Gasteiger partial charge in [-0.05, 0) is 25.0 Å². The summed E-state index contributed by atoms with van der Waals surface area (Å²) in [5.41, 5.74) is 0.157. The molecule has 1 aromatic carbocycles. The molecule has 2 aliphatic heterocycles. The molecule has 8 nitrogen and oxygen atoms in total. The molecule has 0 unspecified atom stereocenters. The Kier molecular flexibility index (Phi) is 5.63. The zero-order chi connectivity index (χ0) is 22.4. The van der Waals surface area contributed by atoms with Gasteiger partial charge in [-0.3, -0.25) is 0 Å². The Bertz CT molecular complexity index is 1200. The summed E-state index contributed by atoms with van der Waals surface area (Å²) in [4.78, 5) is 9.02. The lowest BCUT2D eigenvalue weighted by Crippen LogP contribution is -2.41. The van der Waals surface area contributed by atoms with E-state index in [0.717, 1.165) is 0 Å². The number of aromatic nitrogens is 2. The van der Waals surface area contributed by atoms with Gasteiger partial charge in [-0.25, -0.2) is 26.8 Å². The molecule has 2 saturated heterocycles. The molecule has 2 aromatic rings. The summed E-state index contributed by atoms with van der Waals surface area (Å²) in [6, 6.07) is 6.38. The molecular weight excluding hydrogens is 457 g/mol.